The topological polar surface area (TPSA) is 38.3 Å². The molecule has 0 saturated heterocycles. The van der Waals surface area contributed by atoms with E-state index in [0.29, 0.717) is 11.7 Å². The minimum absolute atomic E-state index is 0.0898. The molecule has 5 heteroatoms. The predicted octanol–water partition coefficient (Wildman–Crippen LogP) is 4.53. The molecule has 2 atom stereocenters. The number of hydrogen-bond acceptors (Lipinski definition) is 2. The van der Waals surface area contributed by atoms with Crippen LogP contribution in [0.25, 0.3) is 0 Å². The number of halogens is 2. The minimum Gasteiger partial charge on any atom is -0.480 e. The van der Waals surface area contributed by atoms with E-state index < -0.39 is 6.10 Å². The molecule has 0 aliphatic heterocycles. The molecule has 20 heavy (non-hydrogen) atoms. The first-order valence-electron chi connectivity index (χ1n) is 6.71. The molecule has 1 rings (SSSR count). The largest absolute Gasteiger partial charge is 0.480 e. The van der Waals surface area contributed by atoms with E-state index in [1.807, 2.05) is 25.1 Å². The molecule has 0 bridgehead atoms. The van der Waals surface area contributed by atoms with Crippen molar-refractivity contribution in [3.63, 3.8) is 0 Å². The Hall–Kier alpha value is -0.550. The van der Waals surface area contributed by atoms with Gasteiger partial charge < -0.3 is 10.1 Å². The van der Waals surface area contributed by atoms with Crippen LogP contribution in [0.2, 0.25) is 0 Å². The number of amides is 1. The van der Waals surface area contributed by atoms with Crippen LogP contribution in [-0.4, -0.2) is 18.1 Å². The van der Waals surface area contributed by atoms with Gasteiger partial charge in [0.15, 0.2) is 6.10 Å². The summed E-state index contributed by atoms with van der Waals surface area (Å²) in [5.41, 5.74) is 0. The summed E-state index contributed by atoms with van der Waals surface area (Å²) in [6, 6.07) is 5.75. The summed E-state index contributed by atoms with van der Waals surface area (Å²) in [6.07, 6.45) is 0.433. The molecule has 3 nitrogen and oxygen atoms in total. The summed E-state index contributed by atoms with van der Waals surface area (Å²) >= 11 is 6.80. The van der Waals surface area contributed by atoms with E-state index >= 15 is 0 Å². The van der Waals surface area contributed by atoms with Gasteiger partial charge in [-0.3, -0.25) is 4.79 Å². The van der Waals surface area contributed by atoms with Gasteiger partial charge >= 0.3 is 0 Å². The molecule has 1 aromatic rings. The number of rotatable bonds is 6. The van der Waals surface area contributed by atoms with Crippen LogP contribution < -0.4 is 10.1 Å². The van der Waals surface area contributed by atoms with Crippen LogP contribution in [-0.2, 0) is 4.79 Å². The normalized spacial score (nSPS) is 13.9. The first kappa shape index (κ1) is 17.5. The van der Waals surface area contributed by atoms with Gasteiger partial charge in [-0.2, -0.15) is 0 Å². The number of benzene rings is 1. The number of carbonyl (C=O) groups is 1. The van der Waals surface area contributed by atoms with E-state index in [4.69, 9.17) is 4.74 Å². The van der Waals surface area contributed by atoms with Crippen molar-refractivity contribution < 1.29 is 9.53 Å². The highest BCUT2D eigenvalue weighted by Crippen LogP contribution is 2.28. The van der Waals surface area contributed by atoms with E-state index in [2.05, 4.69) is 51.0 Å². The molecule has 0 saturated carbocycles. The Bertz CT molecular complexity index is 463. The quantitative estimate of drug-likeness (QED) is 0.753. The van der Waals surface area contributed by atoms with E-state index in [1.54, 1.807) is 6.92 Å². The van der Waals surface area contributed by atoms with E-state index in [9.17, 15) is 4.79 Å². The highest BCUT2D eigenvalue weighted by atomic mass is 79.9. The molecule has 0 spiro atoms. The standard InChI is InChI=1S/C15H21Br2NO2/c1-9(2)7-10(3)18-15(19)11(4)20-14-6-5-12(16)8-13(14)17/h5-6,8-11H,7H2,1-4H3,(H,18,19)/t10-,11+/m0/s1. The monoisotopic (exact) mass is 405 g/mol. The Morgan fingerprint density at radius 2 is 1.90 bits per heavy atom. The Morgan fingerprint density at radius 1 is 1.25 bits per heavy atom. The van der Waals surface area contributed by atoms with Crippen molar-refractivity contribution in [2.24, 2.45) is 5.92 Å². The lowest BCUT2D eigenvalue weighted by Crippen LogP contribution is -2.41. The fourth-order valence-corrected chi connectivity index (χ4v) is 3.08. The summed E-state index contributed by atoms with van der Waals surface area (Å²) < 4.78 is 7.47. The second-order valence-electron chi connectivity index (χ2n) is 5.37. The van der Waals surface area contributed by atoms with Gasteiger partial charge in [0.05, 0.1) is 4.47 Å². The van der Waals surface area contributed by atoms with Gasteiger partial charge in [-0.15, -0.1) is 0 Å². The summed E-state index contributed by atoms with van der Waals surface area (Å²) in [6.45, 7) is 8.05. The van der Waals surface area contributed by atoms with Gasteiger partial charge in [-0.1, -0.05) is 29.8 Å². The lowest BCUT2D eigenvalue weighted by molar-refractivity contribution is -0.128. The Balaban J connectivity index is 2.57. The Labute approximate surface area is 137 Å². The van der Waals surface area contributed by atoms with Crippen LogP contribution in [0.5, 0.6) is 5.75 Å². The third kappa shape index (κ3) is 5.83. The van der Waals surface area contributed by atoms with Gasteiger partial charge in [-0.25, -0.2) is 0 Å². The van der Waals surface area contributed by atoms with Gasteiger partial charge in [0.2, 0.25) is 0 Å². The van der Waals surface area contributed by atoms with Crippen molar-refractivity contribution in [3.8, 4) is 5.75 Å². The zero-order valence-corrected chi connectivity index (χ0v) is 15.4. The molecule has 0 radical (unpaired) electrons. The van der Waals surface area contributed by atoms with Crippen LogP contribution in [0.4, 0.5) is 0 Å². The number of hydrogen-bond donors (Lipinski definition) is 1. The molecule has 1 N–H and O–H groups in total. The second-order valence-corrected chi connectivity index (χ2v) is 7.14. The number of ether oxygens (including phenoxy) is 1. The van der Waals surface area contributed by atoms with Gasteiger partial charge in [0.1, 0.15) is 5.75 Å². The fourth-order valence-electron chi connectivity index (χ4n) is 1.94. The molecular formula is C15H21Br2NO2. The van der Waals surface area contributed by atoms with E-state index in [1.165, 1.54) is 0 Å². The van der Waals surface area contributed by atoms with Crippen LogP contribution in [0.15, 0.2) is 27.1 Å². The smallest absolute Gasteiger partial charge is 0.260 e. The van der Waals surface area contributed by atoms with Crippen LogP contribution in [0, 0.1) is 5.92 Å². The summed E-state index contributed by atoms with van der Waals surface area (Å²) in [5.74, 6) is 1.13. The van der Waals surface area contributed by atoms with E-state index in [-0.39, 0.29) is 11.9 Å². The number of nitrogens with one attached hydrogen (secondary N) is 1. The molecule has 0 fully saturated rings. The third-order valence-electron chi connectivity index (χ3n) is 2.78. The van der Waals surface area contributed by atoms with Crippen molar-refractivity contribution >= 4 is 37.8 Å². The Morgan fingerprint density at radius 3 is 2.45 bits per heavy atom. The first-order valence-corrected chi connectivity index (χ1v) is 8.30. The average Bonchev–Trinajstić information content (AvgIpc) is 2.31. The van der Waals surface area contributed by atoms with Crippen molar-refractivity contribution in [3.05, 3.63) is 27.1 Å². The lowest BCUT2D eigenvalue weighted by atomic mass is 10.1. The van der Waals surface area contributed by atoms with E-state index in [0.717, 1.165) is 15.4 Å². The molecule has 0 aromatic heterocycles. The predicted molar refractivity (Wildman–Crippen MR) is 89.0 cm³/mol. The van der Waals surface area contributed by atoms with Gasteiger partial charge in [-0.05, 0) is 60.3 Å². The van der Waals surface area contributed by atoms with Crippen LogP contribution in [0.3, 0.4) is 0 Å². The van der Waals surface area contributed by atoms with Crippen LogP contribution in [0.1, 0.15) is 34.1 Å². The SMILES string of the molecule is CC(C)C[C@H](C)NC(=O)[C@@H](C)Oc1ccc(Br)cc1Br. The molecule has 1 aromatic carbocycles. The minimum atomic E-state index is -0.526. The highest BCUT2D eigenvalue weighted by molar-refractivity contribution is 9.11. The molecule has 0 aliphatic carbocycles. The van der Waals surface area contributed by atoms with Gasteiger partial charge in [0, 0.05) is 10.5 Å². The molecule has 112 valence electrons. The van der Waals surface area contributed by atoms with Crippen molar-refractivity contribution in [1.82, 2.24) is 5.32 Å². The molecule has 0 aliphatic rings. The van der Waals surface area contributed by atoms with Crippen LogP contribution >= 0.6 is 31.9 Å². The summed E-state index contributed by atoms with van der Waals surface area (Å²) in [4.78, 5) is 12.1. The van der Waals surface area contributed by atoms with Gasteiger partial charge in [0.25, 0.3) is 5.91 Å². The molecule has 0 unspecified atom stereocenters. The van der Waals surface area contributed by atoms with Crippen molar-refractivity contribution in [1.29, 1.82) is 0 Å². The zero-order valence-electron chi connectivity index (χ0n) is 12.2. The fraction of sp³-hybridized carbons (Fsp3) is 0.533. The molecule has 1 amide bonds. The average molecular weight is 407 g/mol. The van der Waals surface area contributed by atoms with Crippen molar-refractivity contribution in [2.75, 3.05) is 0 Å². The summed E-state index contributed by atoms with van der Waals surface area (Å²) in [7, 11) is 0. The maximum Gasteiger partial charge on any atom is 0.260 e. The lowest BCUT2D eigenvalue weighted by Gasteiger charge is -2.20. The third-order valence-corrected chi connectivity index (χ3v) is 3.89. The second kappa shape index (κ2) is 8.03. The first-order chi connectivity index (χ1) is 9.29. The molecular weight excluding hydrogens is 386 g/mol. The molecule has 0 heterocycles. The zero-order chi connectivity index (χ0) is 15.3. The maximum absolute atomic E-state index is 12.1. The number of carbonyl (C=O) groups excluding carboxylic acids is 1. The Kier molecular flexibility index (Phi) is 7.03. The highest BCUT2D eigenvalue weighted by Gasteiger charge is 2.18. The van der Waals surface area contributed by atoms with Crippen molar-refractivity contribution in [2.45, 2.75) is 46.3 Å². The summed E-state index contributed by atoms with van der Waals surface area (Å²) in [5, 5.41) is 2.97. The maximum atomic E-state index is 12.1.